The monoisotopic (exact) mass is 287 g/mol. The van der Waals surface area contributed by atoms with Crippen LogP contribution < -0.4 is 0 Å². The summed E-state index contributed by atoms with van der Waals surface area (Å²) >= 11 is 3.03. The molecule has 0 aliphatic heterocycles. The van der Waals surface area contributed by atoms with Gasteiger partial charge in [-0.05, 0) is 12.1 Å². The molecule has 1 nitrogen and oxygen atoms in total. The van der Waals surface area contributed by atoms with Crippen LogP contribution in [0.5, 0.6) is 0 Å². The Morgan fingerprint density at radius 1 is 1.36 bits per heavy atom. The van der Waals surface area contributed by atoms with Gasteiger partial charge >= 0.3 is 0 Å². The minimum absolute atomic E-state index is 0. The number of hydrogen-bond acceptors (Lipinski definition) is 1. The number of pyridine rings is 1. The molecule has 1 aromatic rings. The zero-order valence-electron chi connectivity index (χ0n) is 5.35. The van der Waals surface area contributed by atoms with Gasteiger partial charge in [-0.25, -0.2) is 0 Å². The lowest BCUT2D eigenvalue weighted by Gasteiger charge is -1.94. The molecule has 0 amide bonds. The molecule has 0 unspecified atom stereocenters. The maximum atomic E-state index is 12.5. The van der Waals surface area contributed by atoms with Crippen LogP contribution in [0.3, 0.4) is 0 Å². The molecule has 0 radical (unpaired) electrons. The third kappa shape index (κ3) is 2.83. The Labute approximate surface area is 81.7 Å². The van der Waals surface area contributed by atoms with E-state index in [-0.39, 0.29) is 17.0 Å². The van der Waals surface area contributed by atoms with Crippen LogP contribution in [0.4, 0.5) is 8.78 Å². The maximum Gasteiger partial charge on any atom is 0.219 e. The van der Waals surface area contributed by atoms with Crippen molar-refractivity contribution in [1.29, 1.82) is 0 Å². The fraction of sp³-hybridized carbons (Fsp3) is 0.167. The summed E-state index contributed by atoms with van der Waals surface area (Å²) in [5, 5.41) is 0.353. The van der Waals surface area contributed by atoms with Gasteiger partial charge in [-0.15, -0.1) is 17.0 Å². The van der Waals surface area contributed by atoms with Crippen LogP contribution in [0, 0.1) is 11.9 Å². The second-order valence-corrected chi connectivity index (χ2v) is 2.28. The van der Waals surface area contributed by atoms with E-state index in [1.807, 2.05) is 0 Å². The van der Waals surface area contributed by atoms with E-state index in [1.165, 1.54) is 6.07 Å². The van der Waals surface area contributed by atoms with Crippen LogP contribution in [0.25, 0.3) is 0 Å². The molecule has 0 bridgehead atoms. The van der Waals surface area contributed by atoms with Gasteiger partial charge in [0.15, 0.2) is 0 Å². The summed E-state index contributed by atoms with van der Waals surface area (Å²) in [4.78, 5) is 2.98. The van der Waals surface area contributed by atoms with Crippen molar-refractivity contribution < 1.29 is 8.78 Å². The lowest BCUT2D eigenvalue weighted by atomic mass is 10.3. The van der Waals surface area contributed by atoms with Crippen molar-refractivity contribution in [2.75, 3.05) is 0 Å². The molecule has 0 aliphatic rings. The molecule has 1 aromatic heterocycles. The van der Waals surface area contributed by atoms with Crippen molar-refractivity contribution in [1.82, 2.24) is 4.98 Å². The summed E-state index contributed by atoms with van der Waals surface area (Å²) in [6.07, 6.45) is 0. The first-order valence-corrected chi connectivity index (χ1v) is 3.73. The molecular weight excluding hydrogens is 284 g/mol. The molecule has 0 atom stereocenters. The highest BCUT2D eigenvalue weighted by atomic mass is 79.9. The third-order valence-corrected chi connectivity index (χ3v) is 1.64. The van der Waals surface area contributed by atoms with E-state index in [9.17, 15) is 8.78 Å². The smallest absolute Gasteiger partial charge is 0.190 e. The Kier molecular flexibility index (Phi) is 4.76. The molecule has 0 N–H and O–H groups in total. The van der Waals surface area contributed by atoms with Crippen LogP contribution in [-0.2, 0) is 5.33 Å². The Hall–Kier alpha value is -0.0300. The average Bonchev–Trinajstić information content (AvgIpc) is 1.88. The van der Waals surface area contributed by atoms with E-state index in [1.54, 1.807) is 0 Å². The first-order chi connectivity index (χ1) is 4.74. The second kappa shape index (κ2) is 4.77. The molecule has 0 fully saturated rings. The number of rotatable bonds is 1. The van der Waals surface area contributed by atoms with Gasteiger partial charge in [-0.3, -0.25) is 0 Å². The third-order valence-electron chi connectivity index (χ3n) is 1.04. The number of alkyl halides is 1. The minimum atomic E-state index is -0.790. The Morgan fingerprint density at radius 2 is 2.00 bits per heavy atom. The first kappa shape index (κ1) is 11.0. The van der Waals surface area contributed by atoms with Crippen LogP contribution in [-0.4, -0.2) is 4.98 Å². The Morgan fingerprint density at radius 3 is 2.45 bits per heavy atom. The van der Waals surface area contributed by atoms with Crippen molar-refractivity contribution in [3.63, 3.8) is 0 Å². The van der Waals surface area contributed by atoms with Crippen molar-refractivity contribution in [2.45, 2.75) is 5.33 Å². The molecule has 0 saturated carbocycles. The summed E-state index contributed by atoms with van der Waals surface area (Å²) in [5.74, 6) is -1.54. The van der Waals surface area contributed by atoms with Crippen molar-refractivity contribution in [3.05, 3.63) is 29.6 Å². The van der Waals surface area contributed by atoms with E-state index < -0.39 is 11.9 Å². The van der Waals surface area contributed by atoms with Crippen LogP contribution >= 0.6 is 32.9 Å². The number of hydrogen-bond donors (Lipinski definition) is 0. The number of halogens is 4. The van der Waals surface area contributed by atoms with E-state index in [0.29, 0.717) is 10.9 Å². The molecule has 0 saturated heterocycles. The zero-order chi connectivity index (χ0) is 7.56. The molecule has 11 heavy (non-hydrogen) atoms. The topological polar surface area (TPSA) is 12.9 Å². The standard InChI is InChI=1S/C6H4BrF2N.BrH/c7-3-4-1-2-5(8)10-6(4)9;/h1-2H,3H2;1H. The van der Waals surface area contributed by atoms with Gasteiger partial charge in [0.25, 0.3) is 0 Å². The fourth-order valence-electron chi connectivity index (χ4n) is 0.541. The SMILES string of the molecule is Br.Fc1ccc(CBr)c(F)n1. The van der Waals surface area contributed by atoms with Gasteiger partial charge in [-0.2, -0.15) is 13.8 Å². The number of nitrogens with zero attached hydrogens (tertiary/aromatic N) is 1. The Balaban J connectivity index is 0.000001000. The van der Waals surface area contributed by atoms with Gasteiger partial charge in [0.2, 0.25) is 11.9 Å². The van der Waals surface area contributed by atoms with Crippen molar-refractivity contribution >= 4 is 32.9 Å². The van der Waals surface area contributed by atoms with E-state index >= 15 is 0 Å². The van der Waals surface area contributed by atoms with E-state index in [0.717, 1.165) is 6.07 Å². The molecular formula is C6H5Br2F2N. The highest BCUT2D eigenvalue weighted by molar-refractivity contribution is 9.08. The lowest BCUT2D eigenvalue weighted by Crippen LogP contribution is -1.92. The van der Waals surface area contributed by atoms with E-state index in [2.05, 4.69) is 20.9 Å². The lowest BCUT2D eigenvalue weighted by molar-refractivity contribution is 0.506. The minimum Gasteiger partial charge on any atom is -0.190 e. The van der Waals surface area contributed by atoms with Crippen molar-refractivity contribution in [3.8, 4) is 0 Å². The molecule has 0 aromatic carbocycles. The average molecular weight is 289 g/mol. The van der Waals surface area contributed by atoms with Crippen LogP contribution in [0.2, 0.25) is 0 Å². The quantitative estimate of drug-likeness (QED) is 0.572. The van der Waals surface area contributed by atoms with Crippen LogP contribution in [0.15, 0.2) is 12.1 Å². The zero-order valence-corrected chi connectivity index (χ0v) is 8.65. The normalized spacial score (nSPS) is 9.00. The molecule has 5 heteroatoms. The van der Waals surface area contributed by atoms with Crippen molar-refractivity contribution in [2.24, 2.45) is 0 Å². The molecule has 62 valence electrons. The molecule has 1 rings (SSSR count). The van der Waals surface area contributed by atoms with Gasteiger partial charge in [0.1, 0.15) is 0 Å². The van der Waals surface area contributed by atoms with E-state index in [4.69, 9.17) is 0 Å². The fourth-order valence-corrected chi connectivity index (χ4v) is 0.959. The summed E-state index contributed by atoms with van der Waals surface area (Å²) in [5.41, 5.74) is 0.362. The highest BCUT2D eigenvalue weighted by Crippen LogP contribution is 2.08. The first-order valence-electron chi connectivity index (χ1n) is 2.61. The number of aromatic nitrogens is 1. The molecule has 1 heterocycles. The maximum absolute atomic E-state index is 12.5. The summed E-state index contributed by atoms with van der Waals surface area (Å²) in [6, 6.07) is 2.48. The summed E-state index contributed by atoms with van der Waals surface area (Å²) in [7, 11) is 0. The largest absolute Gasteiger partial charge is 0.219 e. The Bertz CT molecular complexity index is 242. The predicted molar refractivity (Wildman–Crippen MR) is 47.1 cm³/mol. The van der Waals surface area contributed by atoms with Gasteiger partial charge in [-0.1, -0.05) is 15.9 Å². The summed E-state index contributed by atoms with van der Waals surface area (Å²) < 4.78 is 24.6. The summed E-state index contributed by atoms with van der Waals surface area (Å²) in [6.45, 7) is 0. The highest BCUT2D eigenvalue weighted by Gasteiger charge is 2.01. The molecule has 0 aliphatic carbocycles. The predicted octanol–water partition coefficient (Wildman–Crippen LogP) is 2.83. The van der Waals surface area contributed by atoms with Gasteiger partial charge < -0.3 is 0 Å². The van der Waals surface area contributed by atoms with Gasteiger partial charge in [0, 0.05) is 10.9 Å². The van der Waals surface area contributed by atoms with Crippen LogP contribution in [0.1, 0.15) is 5.56 Å². The second-order valence-electron chi connectivity index (χ2n) is 1.72. The van der Waals surface area contributed by atoms with Gasteiger partial charge in [0.05, 0.1) is 0 Å². The molecule has 0 spiro atoms.